The minimum atomic E-state index is -0.290. The number of hydrogen-bond acceptors (Lipinski definition) is 3. The molecule has 28 heavy (non-hydrogen) atoms. The fourth-order valence-electron chi connectivity index (χ4n) is 2.80. The zero-order valence-electron chi connectivity index (χ0n) is 16.9. The number of hydrogen-bond donors (Lipinski definition) is 0. The first-order valence-corrected chi connectivity index (χ1v) is 9.76. The highest BCUT2D eigenvalue weighted by Crippen LogP contribution is 2.15. The van der Waals surface area contributed by atoms with Crippen LogP contribution >= 0.6 is 0 Å². The number of rotatable bonds is 9. The molecule has 0 heterocycles. The molecule has 4 heteroatoms. The highest BCUT2D eigenvalue weighted by atomic mass is 16.5. The molecule has 0 aromatic heterocycles. The summed E-state index contributed by atoms with van der Waals surface area (Å²) in [5, 5.41) is 0. The summed E-state index contributed by atoms with van der Waals surface area (Å²) in [5.74, 6) is 0.0617. The summed E-state index contributed by atoms with van der Waals surface area (Å²) in [4.78, 5) is 26.1. The zero-order chi connectivity index (χ0) is 20.4. The second-order valence-electron chi connectivity index (χ2n) is 6.96. The Morgan fingerprint density at radius 2 is 1.71 bits per heavy atom. The van der Waals surface area contributed by atoms with Gasteiger partial charge in [0, 0.05) is 19.2 Å². The summed E-state index contributed by atoms with van der Waals surface area (Å²) in [5.41, 5.74) is 3.26. The van der Waals surface area contributed by atoms with Gasteiger partial charge in [0.25, 0.3) is 0 Å². The van der Waals surface area contributed by atoms with Crippen molar-refractivity contribution in [2.75, 3.05) is 13.2 Å². The molecule has 0 saturated heterocycles. The largest absolute Gasteiger partial charge is 0.466 e. The first kappa shape index (κ1) is 21.4. The average molecular weight is 380 g/mol. The Balaban J connectivity index is 2.06. The maximum Gasteiger partial charge on any atom is 0.307 e. The van der Waals surface area contributed by atoms with Gasteiger partial charge in [-0.1, -0.05) is 68.4 Å². The van der Waals surface area contributed by atoms with E-state index in [1.165, 1.54) is 5.56 Å². The van der Waals surface area contributed by atoms with Crippen LogP contribution in [-0.2, 0) is 20.9 Å². The smallest absolute Gasteiger partial charge is 0.307 e. The van der Waals surface area contributed by atoms with Gasteiger partial charge < -0.3 is 9.64 Å². The van der Waals surface area contributed by atoms with Gasteiger partial charge >= 0.3 is 5.97 Å². The molecule has 2 aromatic rings. The van der Waals surface area contributed by atoms with Gasteiger partial charge in [0.1, 0.15) is 0 Å². The Bertz CT molecular complexity index is 779. The molecule has 0 saturated carbocycles. The van der Waals surface area contributed by atoms with Crippen molar-refractivity contribution < 1.29 is 14.3 Å². The van der Waals surface area contributed by atoms with Gasteiger partial charge in [0.15, 0.2) is 0 Å². The fourth-order valence-corrected chi connectivity index (χ4v) is 2.80. The van der Waals surface area contributed by atoms with E-state index in [9.17, 15) is 9.59 Å². The Labute approximate surface area is 167 Å². The van der Waals surface area contributed by atoms with Crippen LogP contribution in [0.1, 0.15) is 49.8 Å². The predicted molar refractivity (Wildman–Crippen MR) is 113 cm³/mol. The Morgan fingerprint density at radius 1 is 1.04 bits per heavy atom. The molecule has 2 rings (SSSR count). The van der Waals surface area contributed by atoms with E-state index in [0.717, 1.165) is 11.1 Å². The van der Waals surface area contributed by atoms with E-state index in [1.54, 1.807) is 17.9 Å². The van der Waals surface area contributed by atoms with Gasteiger partial charge in [0.05, 0.1) is 13.0 Å². The summed E-state index contributed by atoms with van der Waals surface area (Å²) < 4.78 is 4.99. The Morgan fingerprint density at radius 3 is 2.32 bits per heavy atom. The second kappa shape index (κ2) is 11.1. The zero-order valence-corrected chi connectivity index (χ0v) is 16.9. The third-order valence-corrected chi connectivity index (χ3v) is 4.44. The van der Waals surface area contributed by atoms with E-state index in [0.29, 0.717) is 25.6 Å². The van der Waals surface area contributed by atoms with E-state index in [-0.39, 0.29) is 18.3 Å². The van der Waals surface area contributed by atoms with Crippen molar-refractivity contribution in [2.45, 2.75) is 39.7 Å². The molecule has 0 unspecified atom stereocenters. The monoisotopic (exact) mass is 379 g/mol. The van der Waals surface area contributed by atoms with Gasteiger partial charge in [0.2, 0.25) is 5.91 Å². The molecule has 0 fully saturated rings. The predicted octanol–water partition coefficient (Wildman–Crippen LogP) is 4.81. The third-order valence-electron chi connectivity index (χ3n) is 4.44. The molecular formula is C24H29NO3. The van der Waals surface area contributed by atoms with E-state index in [2.05, 4.69) is 26.0 Å². The average Bonchev–Trinajstić information content (AvgIpc) is 2.70. The summed E-state index contributed by atoms with van der Waals surface area (Å²) >= 11 is 0. The van der Waals surface area contributed by atoms with Crippen LogP contribution in [0.5, 0.6) is 0 Å². The standard InChI is InChI=1S/C24H29NO3/c1-4-28-24(27)16-17-25(18-21-8-6-5-7-9-21)23(26)15-12-20-10-13-22(14-11-20)19(2)3/h5-15,19H,4,16-18H2,1-3H3/b15-12+. The second-order valence-corrected chi connectivity index (χ2v) is 6.96. The van der Waals surface area contributed by atoms with Crippen molar-refractivity contribution in [1.29, 1.82) is 0 Å². The normalized spacial score (nSPS) is 11.0. The van der Waals surface area contributed by atoms with Crippen molar-refractivity contribution in [3.63, 3.8) is 0 Å². The maximum atomic E-state index is 12.8. The van der Waals surface area contributed by atoms with Gasteiger partial charge in [-0.05, 0) is 35.6 Å². The maximum absolute atomic E-state index is 12.8. The van der Waals surface area contributed by atoms with Crippen LogP contribution in [-0.4, -0.2) is 29.9 Å². The quantitative estimate of drug-likeness (QED) is 0.464. The molecule has 4 nitrogen and oxygen atoms in total. The van der Waals surface area contributed by atoms with E-state index in [4.69, 9.17) is 4.74 Å². The first-order valence-electron chi connectivity index (χ1n) is 9.76. The molecule has 2 aromatic carbocycles. The Hall–Kier alpha value is -2.88. The van der Waals surface area contributed by atoms with Crippen LogP contribution in [0.3, 0.4) is 0 Å². The molecule has 0 aliphatic rings. The van der Waals surface area contributed by atoms with Crippen LogP contribution in [0.4, 0.5) is 0 Å². The highest BCUT2D eigenvalue weighted by Gasteiger charge is 2.14. The minimum absolute atomic E-state index is 0.124. The molecule has 0 bridgehead atoms. The number of amides is 1. The summed E-state index contributed by atoms with van der Waals surface area (Å²) in [6.45, 7) is 7.20. The molecule has 0 atom stereocenters. The minimum Gasteiger partial charge on any atom is -0.466 e. The first-order chi connectivity index (χ1) is 13.5. The lowest BCUT2D eigenvalue weighted by atomic mass is 10.0. The molecule has 0 aliphatic carbocycles. The highest BCUT2D eigenvalue weighted by molar-refractivity contribution is 5.92. The van der Waals surface area contributed by atoms with E-state index >= 15 is 0 Å². The number of carbonyl (C=O) groups excluding carboxylic acids is 2. The van der Waals surface area contributed by atoms with E-state index < -0.39 is 0 Å². The number of ether oxygens (including phenoxy) is 1. The number of esters is 1. The summed E-state index contributed by atoms with van der Waals surface area (Å²) in [6.07, 6.45) is 3.57. The molecule has 0 aliphatic heterocycles. The third kappa shape index (κ3) is 7.03. The van der Waals surface area contributed by atoms with Crippen molar-refractivity contribution in [2.24, 2.45) is 0 Å². The lowest BCUT2D eigenvalue weighted by molar-refractivity contribution is -0.143. The van der Waals surface area contributed by atoms with Crippen LogP contribution < -0.4 is 0 Å². The van der Waals surface area contributed by atoms with Gasteiger partial charge in [-0.15, -0.1) is 0 Å². The van der Waals surface area contributed by atoms with Gasteiger partial charge in [-0.25, -0.2) is 0 Å². The van der Waals surface area contributed by atoms with Crippen LogP contribution in [0.25, 0.3) is 6.08 Å². The Kier molecular flexibility index (Phi) is 8.47. The van der Waals surface area contributed by atoms with Gasteiger partial charge in [-0.2, -0.15) is 0 Å². The van der Waals surface area contributed by atoms with E-state index in [1.807, 2.05) is 48.5 Å². The van der Waals surface area contributed by atoms with Crippen LogP contribution in [0.15, 0.2) is 60.7 Å². The van der Waals surface area contributed by atoms with Crippen molar-refractivity contribution in [3.05, 3.63) is 77.4 Å². The molecule has 0 spiro atoms. The number of carbonyl (C=O) groups is 2. The molecular weight excluding hydrogens is 350 g/mol. The molecule has 0 N–H and O–H groups in total. The molecule has 0 radical (unpaired) electrons. The van der Waals surface area contributed by atoms with Gasteiger partial charge in [-0.3, -0.25) is 9.59 Å². The summed E-state index contributed by atoms with van der Waals surface area (Å²) in [7, 11) is 0. The van der Waals surface area contributed by atoms with Crippen molar-refractivity contribution in [1.82, 2.24) is 4.90 Å². The van der Waals surface area contributed by atoms with Crippen molar-refractivity contribution >= 4 is 18.0 Å². The number of nitrogens with zero attached hydrogens (tertiary/aromatic N) is 1. The number of benzene rings is 2. The van der Waals surface area contributed by atoms with Crippen LogP contribution in [0.2, 0.25) is 0 Å². The summed E-state index contributed by atoms with van der Waals surface area (Å²) in [6, 6.07) is 17.9. The lowest BCUT2D eigenvalue weighted by Gasteiger charge is -2.21. The topological polar surface area (TPSA) is 46.6 Å². The molecule has 148 valence electrons. The SMILES string of the molecule is CCOC(=O)CCN(Cc1ccccc1)C(=O)/C=C/c1ccc(C(C)C)cc1. The fraction of sp³-hybridized carbons (Fsp3) is 0.333. The molecule has 1 amide bonds. The van der Waals surface area contributed by atoms with Crippen molar-refractivity contribution in [3.8, 4) is 0 Å². The van der Waals surface area contributed by atoms with Crippen LogP contribution in [0, 0.1) is 0 Å². The lowest BCUT2D eigenvalue weighted by Crippen LogP contribution is -2.31.